The van der Waals surface area contributed by atoms with Crippen LogP contribution in [0.1, 0.15) is 32.8 Å². The lowest BCUT2D eigenvalue weighted by atomic mass is 9.96. The van der Waals surface area contributed by atoms with Gasteiger partial charge >= 0.3 is 0 Å². The van der Waals surface area contributed by atoms with Gasteiger partial charge in [-0.05, 0) is 13.0 Å². The van der Waals surface area contributed by atoms with Crippen LogP contribution in [0.25, 0.3) is 5.76 Å². The molecule has 3 heterocycles. The Labute approximate surface area is 122 Å². The van der Waals surface area contributed by atoms with Gasteiger partial charge in [-0.2, -0.15) is 0 Å². The average molecular weight is 288 g/mol. The molecule has 1 unspecified atom stereocenters. The number of carbonyl (C=O) groups is 1. The van der Waals surface area contributed by atoms with E-state index in [1.54, 1.807) is 6.07 Å². The van der Waals surface area contributed by atoms with Crippen LogP contribution in [0.3, 0.4) is 0 Å². The Morgan fingerprint density at radius 2 is 1.86 bits per heavy atom. The van der Waals surface area contributed by atoms with Gasteiger partial charge in [0.25, 0.3) is 0 Å². The molecule has 1 aromatic carbocycles. The van der Waals surface area contributed by atoms with E-state index in [9.17, 15) is 4.79 Å². The van der Waals surface area contributed by atoms with Gasteiger partial charge in [-0.25, -0.2) is 0 Å². The molecule has 0 radical (unpaired) electrons. The highest BCUT2D eigenvalue weighted by molar-refractivity contribution is 6.04. The van der Waals surface area contributed by atoms with E-state index in [-0.39, 0.29) is 18.5 Å². The number of benzene rings is 1. The molecule has 1 atom stereocenters. The molecule has 0 amide bonds. The molecule has 5 nitrogen and oxygen atoms in total. The Bertz CT molecular complexity index is 686. The second-order valence-electron chi connectivity index (χ2n) is 6.05. The molecule has 0 saturated heterocycles. The third-order valence-corrected chi connectivity index (χ3v) is 3.78. The molecule has 0 saturated carbocycles. The van der Waals surface area contributed by atoms with Gasteiger partial charge in [0.1, 0.15) is 24.2 Å². The SMILES string of the molecule is CC1CC(=O)C2=C(O1)c1cc3c(cc1OC2)OC(C)(C)O3. The van der Waals surface area contributed by atoms with Crippen LogP contribution in [0, 0.1) is 0 Å². The summed E-state index contributed by atoms with van der Waals surface area (Å²) in [5.74, 6) is 1.97. The summed E-state index contributed by atoms with van der Waals surface area (Å²) < 4.78 is 23.0. The molecule has 0 aliphatic carbocycles. The van der Waals surface area contributed by atoms with Gasteiger partial charge < -0.3 is 18.9 Å². The third-order valence-electron chi connectivity index (χ3n) is 3.78. The van der Waals surface area contributed by atoms with Crippen molar-refractivity contribution < 1.29 is 23.7 Å². The lowest BCUT2D eigenvalue weighted by molar-refractivity contribution is -0.118. The van der Waals surface area contributed by atoms with Crippen molar-refractivity contribution in [3.8, 4) is 17.2 Å². The van der Waals surface area contributed by atoms with Crippen LogP contribution >= 0.6 is 0 Å². The van der Waals surface area contributed by atoms with E-state index in [0.717, 1.165) is 5.56 Å². The largest absolute Gasteiger partial charge is 0.489 e. The van der Waals surface area contributed by atoms with Crippen molar-refractivity contribution in [1.29, 1.82) is 0 Å². The van der Waals surface area contributed by atoms with Crippen molar-refractivity contribution in [2.45, 2.75) is 39.1 Å². The lowest BCUT2D eigenvalue weighted by Crippen LogP contribution is -2.29. The fraction of sp³-hybridized carbons (Fsp3) is 0.438. The highest BCUT2D eigenvalue weighted by Gasteiger charge is 2.37. The summed E-state index contributed by atoms with van der Waals surface area (Å²) in [6.45, 7) is 5.84. The van der Waals surface area contributed by atoms with E-state index in [2.05, 4.69) is 0 Å². The van der Waals surface area contributed by atoms with Crippen molar-refractivity contribution in [1.82, 2.24) is 0 Å². The van der Waals surface area contributed by atoms with Crippen LogP contribution in [0.4, 0.5) is 0 Å². The van der Waals surface area contributed by atoms with Gasteiger partial charge in [-0.1, -0.05) is 0 Å². The number of fused-ring (bicyclic) bond motifs is 3. The first-order chi connectivity index (χ1) is 9.93. The number of hydrogen-bond acceptors (Lipinski definition) is 5. The molecule has 0 aromatic heterocycles. The molecule has 21 heavy (non-hydrogen) atoms. The van der Waals surface area contributed by atoms with Gasteiger partial charge in [0.15, 0.2) is 17.3 Å². The second-order valence-corrected chi connectivity index (χ2v) is 6.05. The minimum atomic E-state index is -0.694. The molecule has 5 heteroatoms. The summed E-state index contributed by atoms with van der Waals surface area (Å²) in [6, 6.07) is 3.63. The Hall–Kier alpha value is -2.17. The normalized spacial score (nSPS) is 24.9. The van der Waals surface area contributed by atoms with Crippen LogP contribution < -0.4 is 14.2 Å². The Morgan fingerprint density at radius 3 is 2.62 bits per heavy atom. The van der Waals surface area contributed by atoms with E-state index in [0.29, 0.717) is 35.0 Å². The number of carbonyl (C=O) groups excluding carboxylic acids is 1. The van der Waals surface area contributed by atoms with E-state index in [1.165, 1.54) is 0 Å². The number of ether oxygens (including phenoxy) is 4. The lowest BCUT2D eigenvalue weighted by Gasteiger charge is -2.30. The quantitative estimate of drug-likeness (QED) is 0.734. The highest BCUT2D eigenvalue weighted by Crippen LogP contribution is 2.47. The number of rotatable bonds is 0. The molecule has 3 aliphatic rings. The molecule has 4 rings (SSSR count). The van der Waals surface area contributed by atoms with E-state index in [4.69, 9.17) is 18.9 Å². The zero-order valence-electron chi connectivity index (χ0n) is 12.2. The van der Waals surface area contributed by atoms with Crippen LogP contribution in [0.5, 0.6) is 17.2 Å². The molecule has 1 aromatic rings. The zero-order chi connectivity index (χ0) is 14.8. The molecule has 0 fully saturated rings. The second kappa shape index (κ2) is 3.93. The van der Waals surface area contributed by atoms with Crippen molar-refractivity contribution in [2.24, 2.45) is 0 Å². The van der Waals surface area contributed by atoms with E-state index >= 15 is 0 Å². The Kier molecular flexibility index (Phi) is 2.35. The maximum Gasteiger partial charge on any atom is 0.246 e. The first kappa shape index (κ1) is 12.6. The summed E-state index contributed by atoms with van der Waals surface area (Å²) >= 11 is 0. The molecular weight excluding hydrogens is 272 g/mol. The first-order valence-corrected chi connectivity index (χ1v) is 7.05. The Balaban J connectivity index is 1.84. The summed E-state index contributed by atoms with van der Waals surface area (Å²) in [4.78, 5) is 12.1. The topological polar surface area (TPSA) is 54.0 Å². The minimum absolute atomic E-state index is 0.0902. The van der Waals surface area contributed by atoms with Crippen LogP contribution in [0.2, 0.25) is 0 Å². The fourth-order valence-corrected chi connectivity index (χ4v) is 2.90. The van der Waals surface area contributed by atoms with Gasteiger partial charge in [0.05, 0.1) is 11.1 Å². The molecule has 3 aliphatic heterocycles. The zero-order valence-corrected chi connectivity index (χ0v) is 12.2. The van der Waals surface area contributed by atoms with Gasteiger partial charge in [-0.3, -0.25) is 4.79 Å². The predicted octanol–water partition coefficient (Wildman–Crippen LogP) is 2.68. The van der Waals surface area contributed by atoms with Gasteiger partial charge in [0, 0.05) is 26.3 Å². The summed E-state index contributed by atoms with van der Waals surface area (Å²) in [5, 5.41) is 0. The molecule has 0 N–H and O–H groups in total. The van der Waals surface area contributed by atoms with Crippen molar-refractivity contribution in [3.63, 3.8) is 0 Å². The maximum atomic E-state index is 12.1. The standard InChI is InChI=1S/C16H16O5/c1-8-4-11(17)10-7-18-12-6-14-13(20-16(2,3)21-14)5-9(12)15(10)19-8/h5-6,8H,4,7H2,1-3H3. The first-order valence-electron chi connectivity index (χ1n) is 7.05. The smallest absolute Gasteiger partial charge is 0.246 e. The van der Waals surface area contributed by atoms with Crippen LogP contribution in [0.15, 0.2) is 17.7 Å². The molecule has 110 valence electrons. The number of Topliss-reactive ketones (excluding diaryl/α,β-unsaturated/α-hetero) is 1. The van der Waals surface area contributed by atoms with Crippen LogP contribution in [-0.2, 0) is 9.53 Å². The van der Waals surface area contributed by atoms with Gasteiger partial charge in [-0.15, -0.1) is 0 Å². The molecule has 0 spiro atoms. The minimum Gasteiger partial charge on any atom is -0.489 e. The number of ketones is 1. The Morgan fingerprint density at radius 1 is 1.14 bits per heavy atom. The monoisotopic (exact) mass is 288 g/mol. The van der Waals surface area contributed by atoms with E-state index in [1.807, 2.05) is 26.8 Å². The van der Waals surface area contributed by atoms with Crippen molar-refractivity contribution in [3.05, 3.63) is 23.3 Å². The molecule has 0 bridgehead atoms. The van der Waals surface area contributed by atoms with Crippen molar-refractivity contribution >= 4 is 11.5 Å². The van der Waals surface area contributed by atoms with Crippen LogP contribution in [-0.4, -0.2) is 24.3 Å². The predicted molar refractivity (Wildman–Crippen MR) is 74.4 cm³/mol. The van der Waals surface area contributed by atoms with Gasteiger partial charge in [0.2, 0.25) is 5.79 Å². The van der Waals surface area contributed by atoms with Crippen molar-refractivity contribution in [2.75, 3.05) is 6.61 Å². The summed E-state index contributed by atoms with van der Waals surface area (Å²) in [6.07, 6.45) is 0.277. The third kappa shape index (κ3) is 1.87. The fourth-order valence-electron chi connectivity index (χ4n) is 2.90. The number of hydrogen-bond donors (Lipinski definition) is 0. The van der Waals surface area contributed by atoms with E-state index < -0.39 is 5.79 Å². The summed E-state index contributed by atoms with van der Waals surface area (Å²) in [5.41, 5.74) is 1.37. The average Bonchev–Trinajstić information content (AvgIpc) is 2.68. The summed E-state index contributed by atoms with van der Waals surface area (Å²) in [7, 11) is 0. The highest BCUT2D eigenvalue weighted by atomic mass is 16.7. The maximum absolute atomic E-state index is 12.1. The molecular formula is C16H16O5.